The number of rotatable bonds is 1. The van der Waals surface area contributed by atoms with Gasteiger partial charge in [0.25, 0.3) is 0 Å². The smallest absolute Gasteiger partial charge is 0.227 e. The van der Waals surface area contributed by atoms with Crippen molar-refractivity contribution in [3.05, 3.63) is 11.3 Å². The van der Waals surface area contributed by atoms with Crippen LogP contribution in [0.15, 0.2) is 11.3 Å². The van der Waals surface area contributed by atoms with Crippen molar-refractivity contribution in [2.24, 2.45) is 0 Å². The van der Waals surface area contributed by atoms with Crippen LogP contribution in [0.5, 0.6) is 0 Å². The van der Waals surface area contributed by atoms with Gasteiger partial charge in [-0.15, -0.1) is 0 Å². The van der Waals surface area contributed by atoms with E-state index in [4.69, 9.17) is 0 Å². The molecule has 0 radical (unpaired) electrons. The van der Waals surface area contributed by atoms with Gasteiger partial charge in [-0.3, -0.25) is 4.79 Å². The summed E-state index contributed by atoms with van der Waals surface area (Å²) in [5.74, 6) is 0.334. The summed E-state index contributed by atoms with van der Waals surface area (Å²) in [7, 11) is 0. The number of hydrogen-bond acceptors (Lipinski definition) is 1. The lowest BCUT2D eigenvalue weighted by molar-refractivity contribution is -0.131. The molecule has 1 heterocycles. The third-order valence-corrected chi connectivity index (χ3v) is 3.27. The molecule has 2 heteroatoms. The molecule has 0 atom stereocenters. The van der Waals surface area contributed by atoms with Gasteiger partial charge in [0.05, 0.1) is 0 Å². The van der Waals surface area contributed by atoms with Crippen LogP contribution in [0.3, 0.4) is 0 Å². The summed E-state index contributed by atoms with van der Waals surface area (Å²) in [6, 6.07) is 0.339. The van der Waals surface area contributed by atoms with E-state index < -0.39 is 0 Å². The Hall–Kier alpha value is -0.790. The minimum Gasteiger partial charge on any atom is -0.314 e. The monoisotopic (exact) mass is 193 g/mol. The molecule has 0 fully saturated rings. The Morgan fingerprint density at radius 3 is 2.50 bits per heavy atom. The molecule has 0 saturated heterocycles. The number of carbonyl (C=O) groups is 1. The average Bonchev–Trinajstić information content (AvgIpc) is 2.17. The zero-order valence-corrected chi connectivity index (χ0v) is 9.18. The quantitative estimate of drug-likeness (QED) is 0.627. The number of amides is 1. The minimum absolute atomic E-state index is 0.334. The molecule has 0 aromatic carbocycles. The van der Waals surface area contributed by atoms with Crippen LogP contribution in [-0.2, 0) is 4.79 Å². The molecule has 14 heavy (non-hydrogen) atoms. The molecule has 0 aromatic rings. The van der Waals surface area contributed by atoms with Gasteiger partial charge in [0, 0.05) is 18.2 Å². The number of hydrogen-bond donors (Lipinski definition) is 0. The molecule has 0 bridgehead atoms. The molecule has 2 aliphatic rings. The molecule has 1 aliphatic heterocycles. The lowest BCUT2D eigenvalue weighted by Crippen LogP contribution is -2.40. The molecule has 0 spiro atoms. The van der Waals surface area contributed by atoms with Crippen molar-refractivity contribution < 1.29 is 4.79 Å². The van der Waals surface area contributed by atoms with Crippen molar-refractivity contribution in [1.82, 2.24) is 4.90 Å². The van der Waals surface area contributed by atoms with Gasteiger partial charge < -0.3 is 4.90 Å². The standard InChI is InChI=1S/C12H19NO/c1-9(2)13-11-6-4-3-5-10(11)7-8-12(13)14/h9H,3-8H2,1-2H3. The topological polar surface area (TPSA) is 20.3 Å². The molecule has 78 valence electrons. The first-order valence-electron chi connectivity index (χ1n) is 5.73. The fourth-order valence-corrected chi connectivity index (χ4v) is 2.64. The first-order valence-corrected chi connectivity index (χ1v) is 5.73. The molecular formula is C12H19NO. The molecule has 0 unspecified atom stereocenters. The maximum atomic E-state index is 11.8. The second-order valence-corrected chi connectivity index (χ2v) is 4.61. The van der Waals surface area contributed by atoms with Gasteiger partial charge in [0.15, 0.2) is 0 Å². The van der Waals surface area contributed by atoms with Crippen LogP contribution < -0.4 is 0 Å². The summed E-state index contributed by atoms with van der Waals surface area (Å²) >= 11 is 0. The lowest BCUT2D eigenvalue weighted by Gasteiger charge is -2.37. The Bertz CT molecular complexity index is 278. The third kappa shape index (κ3) is 1.58. The van der Waals surface area contributed by atoms with Gasteiger partial charge in [-0.2, -0.15) is 0 Å². The number of nitrogens with zero attached hydrogens (tertiary/aromatic N) is 1. The maximum absolute atomic E-state index is 11.8. The molecule has 1 aliphatic carbocycles. The summed E-state index contributed by atoms with van der Waals surface area (Å²) in [5, 5.41) is 0. The van der Waals surface area contributed by atoms with Gasteiger partial charge >= 0.3 is 0 Å². The van der Waals surface area contributed by atoms with E-state index in [1.165, 1.54) is 25.0 Å². The van der Waals surface area contributed by atoms with Crippen LogP contribution in [0, 0.1) is 0 Å². The van der Waals surface area contributed by atoms with E-state index in [1.807, 2.05) is 4.90 Å². The van der Waals surface area contributed by atoms with Gasteiger partial charge in [0.2, 0.25) is 5.91 Å². The van der Waals surface area contributed by atoms with Crippen molar-refractivity contribution >= 4 is 5.91 Å². The second kappa shape index (κ2) is 3.76. The maximum Gasteiger partial charge on any atom is 0.227 e. The molecule has 0 N–H and O–H groups in total. The molecule has 0 saturated carbocycles. The molecule has 2 nitrogen and oxygen atoms in total. The average molecular weight is 193 g/mol. The van der Waals surface area contributed by atoms with Crippen LogP contribution in [0.4, 0.5) is 0 Å². The highest BCUT2D eigenvalue weighted by atomic mass is 16.2. The van der Waals surface area contributed by atoms with Crippen LogP contribution in [0.25, 0.3) is 0 Å². The normalized spacial score (nSPS) is 23.1. The second-order valence-electron chi connectivity index (χ2n) is 4.61. The van der Waals surface area contributed by atoms with Gasteiger partial charge in [-0.25, -0.2) is 0 Å². The third-order valence-electron chi connectivity index (χ3n) is 3.27. The Kier molecular flexibility index (Phi) is 2.62. The molecule has 0 aromatic heterocycles. The van der Waals surface area contributed by atoms with Crippen LogP contribution >= 0.6 is 0 Å². The van der Waals surface area contributed by atoms with Crippen LogP contribution in [0.1, 0.15) is 52.4 Å². The first kappa shape index (κ1) is 9.75. The van der Waals surface area contributed by atoms with Gasteiger partial charge in [-0.1, -0.05) is 5.57 Å². The highest BCUT2D eigenvalue weighted by Crippen LogP contribution is 2.35. The van der Waals surface area contributed by atoms with Crippen molar-refractivity contribution in [1.29, 1.82) is 0 Å². The van der Waals surface area contributed by atoms with E-state index in [9.17, 15) is 4.79 Å². The number of carbonyl (C=O) groups excluding carboxylic acids is 1. The van der Waals surface area contributed by atoms with Gasteiger partial charge in [-0.05, 0) is 46.0 Å². The van der Waals surface area contributed by atoms with Crippen molar-refractivity contribution in [2.45, 2.75) is 58.4 Å². The van der Waals surface area contributed by atoms with Crippen molar-refractivity contribution in [3.8, 4) is 0 Å². The fraction of sp³-hybridized carbons (Fsp3) is 0.750. The summed E-state index contributed by atoms with van der Waals surface area (Å²) in [5.41, 5.74) is 2.92. The first-order chi connectivity index (χ1) is 6.70. The Balaban J connectivity index is 2.30. The van der Waals surface area contributed by atoms with Crippen molar-refractivity contribution in [2.75, 3.05) is 0 Å². The van der Waals surface area contributed by atoms with Crippen LogP contribution in [0.2, 0.25) is 0 Å². The largest absolute Gasteiger partial charge is 0.314 e. The molecule has 1 amide bonds. The SMILES string of the molecule is CC(C)N1C(=O)CCC2=C1CCCC2. The molecular weight excluding hydrogens is 174 g/mol. The van der Waals surface area contributed by atoms with Crippen molar-refractivity contribution in [3.63, 3.8) is 0 Å². The number of allylic oxidation sites excluding steroid dienone is 2. The lowest BCUT2D eigenvalue weighted by atomic mass is 9.88. The summed E-state index contributed by atoms with van der Waals surface area (Å²) in [6.07, 6.45) is 6.69. The summed E-state index contributed by atoms with van der Waals surface area (Å²) in [6.45, 7) is 4.23. The van der Waals surface area contributed by atoms with E-state index in [0.29, 0.717) is 11.9 Å². The van der Waals surface area contributed by atoms with E-state index in [2.05, 4.69) is 13.8 Å². The van der Waals surface area contributed by atoms with E-state index in [1.54, 1.807) is 5.57 Å². The minimum atomic E-state index is 0.334. The highest BCUT2D eigenvalue weighted by Gasteiger charge is 2.29. The Morgan fingerprint density at radius 1 is 1.07 bits per heavy atom. The molecule has 2 rings (SSSR count). The van der Waals surface area contributed by atoms with E-state index in [-0.39, 0.29) is 0 Å². The Morgan fingerprint density at radius 2 is 1.79 bits per heavy atom. The zero-order valence-electron chi connectivity index (χ0n) is 9.18. The predicted octanol–water partition coefficient (Wildman–Crippen LogP) is 2.85. The summed E-state index contributed by atoms with van der Waals surface area (Å²) in [4.78, 5) is 13.8. The predicted molar refractivity (Wildman–Crippen MR) is 56.7 cm³/mol. The summed E-state index contributed by atoms with van der Waals surface area (Å²) < 4.78 is 0. The fourth-order valence-electron chi connectivity index (χ4n) is 2.64. The zero-order chi connectivity index (χ0) is 10.1. The van der Waals surface area contributed by atoms with E-state index >= 15 is 0 Å². The Labute approximate surface area is 86.0 Å². The van der Waals surface area contributed by atoms with Gasteiger partial charge in [0.1, 0.15) is 0 Å². The van der Waals surface area contributed by atoms with Crippen LogP contribution in [-0.4, -0.2) is 16.8 Å². The van der Waals surface area contributed by atoms with E-state index in [0.717, 1.165) is 19.3 Å². The highest BCUT2D eigenvalue weighted by molar-refractivity contribution is 5.80.